The van der Waals surface area contributed by atoms with E-state index < -0.39 is 49.5 Å². The summed E-state index contributed by atoms with van der Waals surface area (Å²) in [7, 11) is -4.29. The predicted molar refractivity (Wildman–Crippen MR) is 178 cm³/mol. The highest BCUT2D eigenvalue weighted by molar-refractivity contribution is 7.52. The van der Waals surface area contributed by atoms with Crippen LogP contribution in [0.3, 0.4) is 0 Å². The summed E-state index contributed by atoms with van der Waals surface area (Å²) < 4.78 is 52.7. The standard InChI is InChI=1S/C34H45N6O8P/c1-21(31(41)44-23-10-8-7-9-11-23)39-49(42,48-24-14-12-22(13-15-24)32(2,3)4)43-18-26-28-29(47-33(5,6)46-28)34(19-35,45-26)27-17-16-25-30(36)37-20-38-40(25)27/h12-17,20-21,23,26,28-29H,7-11,18H2,1-6H3,(H,39,42)(H2,36,37,38)/t21-,26+,28+,29+,34-,49?/m0/s1. The number of nitrogen functional groups attached to an aromatic ring is 1. The fourth-order valence-corrected chi connectivity index (χ4v) is 8.12. The van der Waals surface area contributed by atoms with Gasteiger partial charge in [-0.25, -0.2) is 14.1 Å². The summed E-state index contributed by atoms with van der Waals surface area (Å²) in [5.74, 6) is -1.14. The lowest BCUT2D eigenvalue weighted by Gasteiger charge is -2.29. The molecule has 264 valence electrons. The Morgan fingerprint density at radius 3 is 2.53 bits per heavy atom. The fraction of sp³-hybridized carbons (Fsp3) is 0.588. The van der Waals surface area contributed by atoms with Crippen LogP contribution < -0.4 is 15.3 Å². The number of rotatable bonds is 10. The van der Waals surface area contributed by atoms with Gasteiger partial charge in [0.15, 0.2) is 11.6 Å². The van der Waals surface area contributed by atoms with Crippen LogP contribution in [0.15, 0.2) is 42.7 Å². The van der Waals surface area contributed by atoms with Gasteiger partial charge in [0, 0.05) is 0 Å². The van der Waals surface area contributed by atoms with Gasteiger partial charge in [0.25, 0.3) is 0 Å². The third-order valence-electron chi connectivity index (χ3n) is 9.16. The topological polar surface area (TPSA) is 182 Å². The van der Waals surface area contributed by atoms with Gasteiger partial charge in [-0.2, -0.15) is 15.4 Å². The second kappa shape index (κ2) is 13.3. The van der Waals surface area contributed by atoms with Crippen LogP contribution >= 0.6 is 7.75 Å². The number of aromatic nitrogens is 3. The average molecular weight is 697 g/mol. The van der Waals surface area contributed by atoms with Gasteiger partial charge in [-0.3, -0.25) is 9.32 Å². The van der Waals surface area contributed by atoms with Crippen molar-refractivity contribution in [3.63, 3.8) is 0 Å². The third-order valence-corrected chi connectivity index (χ3v) is 10.8. The van der Waals surface area contributed by atoms with Crippen molar-refractivity contribution in [2.24, 2.45) is 0 Å². The molecule has 1 aliphatic carbocycles. The van der Waals surface area contributed by atoms with Gasteiger partial charge >= 0.3 is 13.7 Å². The Morgan fingerprint density at radius 2 is 1.86 bits per heavy atom. The van der Waals surface area contributed by atoms with E-state index in [1.165, 1.54) is 10.8 Å². The number of nitrogens with one attached hydrogen (secondary N) is 1. The van der Waals surface area contributed by atoms with Crippen molar-refractivity contribution in [2.45, 2.75) is 121 Å². The average Bonchev–Trinajstić information content (AvgIpc) is 3.71. The number of carbonyl (C=O) groups excluding carboxylic acids is 1. The van der Waals surface area contributed by atoms with Crippen molar-refractivity contribution < 1.29 is 37.4 Å². The number of anilines is 1. The van der Waals surface area contributed by atoms with Crippen molar-refractivity contribution in [2.75, 3.05) is 12.3 Å². The molecule has 0 amide bonds. The summed E-state index contributed by atoms with van der Waals surface area (Å²) in [6.07, 6.45) is 3.09. The Morgan fingerprint density at radius 1 is 1.14 bits per heavy atom. The number of carbonyl (C=O) groups is 1. The monoisotopic (exact) mass is 696 g/mol. The molecule has 4 heterocycles. The first-order valence-electron chi connectivity index (χ1n) is 16.7. The quantitative estimate of drug-likeness (QED) is 0.206. The van der Waals surface area contributed by atoms with E-state index in [1.54, 1.807) is 45.0 Å². The molecule has 1 aromatic carbocycles. The van der Waals surface area contributed by atoms with E-state index in [0.717, 1.165) is 37.7 Å². The third kappa shape index (κ3) is 7.20. The highest BCUT2D eigenvalue weighted by atomic mass is 31.2. The van der Waals surface area contributed by atoms with E-state index >= 15 is 0 Å². The molecule has 14 nitrogen and oxygen atoms in total. The zero-order chi connectivity index (χ0) is 35.2. The molecule has 2 aromatic heterocycles. The summed E-state index contributed by atoms with van der Waals surface area (Å²) >= 11 is 0. The molecule has 2 aliphatic heterocycles. The second-order valence-corrected chi connectivity index (χ2v) is 16.1. The lowest BCUT2D eigenvalue weighted by molar-refractivity contribution is -0.204. The van der Waals surface area contributed by atoms with Crippen molar-refractivity contribution in [1.82, 2.24) is 19.7 Å². The maximum absolute atomic E-state index is 14.5. The summed E-state index contributed by atoms with van der Waals surface area (Å²) in [6, 6.07) is 11.8. The Balaban J connectivity index is 1.27. The van der Waals surface area contributed by atoms with Crippen LogP contribution in [0.5, 0.6) is 5.75 Å². The normalized spacial score (nSPS) is 27.2. The summed E-state index contributed by atoms with van der Waals surface area (Å²) in [4.78, 5) is 17.2. The lowest BCUT2D eigenvalue weighted by Crippen LogP contribution is -2.40. The van der Waals surface area contributed by atoms with Gasteiger partial charge in [0.1, 0.15) is 54.1 Å². The molecular formula is C34H45N6O8P. The van der Waals surface area contributed by atoms with Crippen LogP contribution in [-0.4, -0.2) is 63.4 Å². The van der Waals surface area contributed by atoms with Gasteiger partial charge in [0.2, 0.25) is 5.60 Å². The minimum absolute atomic E-state index is 0.113. The van der Waals surface area contributed by atoms with E-state index in [9.17, 15) is 14.6 Å². The van der Waals surface area contributed by atoms with E-state index in [2.05, 4.69) is 42.0 Å². The zero-order valence-corrected chi connectivity index (χ0v) is 29.6. The number of benzene rings is 1. The molecule has 6 rings (SSSR count). The molecule has 3 fully saturated rings. The van der Waals surface area contributed by atoms with Gasteiger partial charge in [0.05, 0.1) is 12.3 Å². The summed E-state index contributed by atoms with van der Waals surface area (Å²) in [5.41, 5.74) is 6.14. The summed E-state index contributed by atoms with van der Waals surface area (Å²) in [6.45, 7) is 10.9. The predicted octanol–water partition coefficient (Wildman–Crippen LogP) is 5.30. The number of nitriles is 1. The minimum atomic E-state index is -4.29. The molecule has 3 aliphatic rings. The molecule has 0 spiro atoms. The molecule has 49 heavy (non-hydrogen) atoms. The van der Waals surface area contributed by atoms with Crippen LogP contribution in [-0.2, 0) is 43.8 Å². The number of fused-ring (bicyclic) bond motifs is 2. The van der Waals surface area contributed by atoms with Crippen LogP contribution in [0.2, 0.25) is 0 Å². The molecular weight excluding hydrogens is 651 g/mol. The van der Waals surface area contributed by atoms with Crippen LogP contribution in [0.25, 0.3) is 5.52 Å². The number of nitrogens with two attached hydrogens (primary N) is 1. The van der Waals surface area contributed by atoms with E-state index in [0.29, 0.717) is 11.2 Å². The highest BCUT2D eigenvalue weighted by Crippen LogP contribution is 2.51. The largest absolute Gasteiger partial charge is 0.461 e. The zero-order valence-electron chi connectivity index (χ0n) is 28.8. The molecule has 3 N–H and O–H groups in total. The smallest absolute Gasteiger partial charge is 0.459 e. The van der Waals surface area contributed by atoms with E-state index in [-0.39, 0.29) is 29.7 Å². The molecule has 0 radical (unpaired) electrons. The number of nitrogens with zero attached hydrogens (tertiary/aromatic N) is 4. The second-order valence-electron chi connectivity index (χ2n) is 14.4. The first-order chi connectivity index (χ1) is 23.1. The fourth-order valence-electron chi connectivity index (χ4n) is 6.62. The van der Waals surface area contributed by atoms with Gasteiger partial charge < -0.3 is 29.2 Å². The maximum atomic E-state index is 14.5. The Kier molecular flexibility index (Phi) is 9.56. The number of esters is 1. The first-order valence-corrected chi connectivity index (χ1v) is 18.2. The minimum Gasteiger partial charge on any atom is -0.461 e. The van der Waals surface area contributed by atoms with E-state index in [4.69, 9.17) is 33.7 Å². The summed E-state index contributed by atoms with van der Waals surface area (Å²) in [5, 5.41) is 17.8. The first kappa shape index (κ1) is 35.3. The van der Waals surface area contributed by atoms with Crippen molar-refractivity contribution in [1.29, 1.82) is 5.26 Å². The van der Waals surface area contributed by atoms with E-state index in [1.807, 2.05) is 12.1 Å². The molecule has 1 unspecified atom stereocenters. The Bertz CT molecular complexity index is 1760. The number of ether oxygens (including phenoxy) is 4. The van der Waals surface area contributed by atoms with Crippen LogP contribution in [0.1, 0.15) is 84.9 Å². The SMILES string of the molecule is C[C@H](NP(=O)(OC[C@H]1O[C@@](C#N)(c2ccc3c(N)ncnn23)[C@@H]2OC(C)(C)O[C@@H]21)Oc1ccc(C(C)(C)C)cc1)C(=O)OC1CCCCC1. The van der Waals surface area contributed by atoms with Crippen LogP contribution in [0, 0.1) is 11.3 Å². The lowest BCUT2D eigenvalue weighted by atomic mass is 9.87. The maximum Gasteiger partial charge on any atom is 0.459 e. The van der Waals surface area contributed by atoms with Crippen LogP contribution in [0.4, 0.5) is 5.82 Å². The molecule has 6 atom stereocenters. The van der Waals surface area contributed by atoms with Gasteiger partial charge in [-0.15, -0.1) is 0 Å². The molecule has 2 saturated heterocycles. The molecule has 15 heteroatoms. The Hall–Kier alpha value is -3.57. The molecule has 0 bridgehead atoms. The Labute approximate surface area is 286 Å². The van der Waals surface area contributed by atoms with Crippen molar-refractivity contribution >= 4 is 25.1 Å². The molecule has 3 aromatic rings. The molecule has 1 saturated carbocycles. The van der Waals surface area contributed by atoms with Gasteiger partial charge in [-0.1, -0.05) is 39.3 Å². The van der Waals surface area contributed by atoms with Gasteiger partial charge in [-0.05, 0) is 81.7 Å². The number of hydrogen-bond donors (Lipinski definition) is 2. The number of hydrogen-bond acceptors (Lipinski definition) is 12. The van der Waals surface area contributed by atoms with Crippen molar-refractivity contribution in [3.05, 3.63) is 54.0 Å². The van der Waals surface area contributed by atoms with Crippen molar-refractivity contribution in [3.8, 4) is 11.8 Å². The highest BCUT2D eigenvalue weighted by Gasteiger charge is 2.65.